The third kappa shape index (κ3) is 6.11. The molecule has 0 spiro atoms. The van der Waals surface area contributed by atoms with Gasteiger partial charge in [0.05, 0.1) is 0 Å². The molecule has 0 saturated heterocycles. The van der Waals surface area contributed by atoms with Crippen molar-refractivity contribution in [3.63, 3.8) is 0 Å². The Balaban J connectivity index is 4.15. The molecule has 0 amide bonds. The van der Waals surface area contributed by atoms with Crippen LogP contribution in [0, 0.1) is 17.8 Å². The van der Waals surface area contributed by atoms with Crippen LogP contribution in [0.5, 0.6) is 0 Å². The van der Waals surface area contributed by atoms with Crippen molar-refractivity contribution in [2.45, 2.75) is 53.8 Å². The molecule has 0 bridgehead atoms. The molecule has 0 aromatic carbocycles. The van der Waals surface area contributed by atoms with Gasteiger partial charge < -0.3 is 9.47 Å². The number of methoxy groups -OCH3 is 1. The molecule has 0 saturated carbocycles. The molecule has 0 aromatic rings. The highest BCUT2D eigenvalue weighted by Gasteiger charge is 2.24. The van der Waals surface area contributed by atoms with Gasteiger partial charge in [-0.05, 0) is 18.3 Å². The zero-order valence-electron chi connectivity index (χ0n) is 11.4. The molecule has 0 aliphatic carbocycles. The molecule has 0 heterocycles. The normalized spacial score (nSPS) is 16.9. The number of hydrogen-bond acceptors (Lipinski definition) is 3. The lowest BCUT2D eigenvalue weighted by Crippen LogP contribution is -2.30. The maximum absolute atomic E-state index is 10.9. The summed E-state index contributed by atoms with van der Waals surface area (Å²) in [6, 6.07) is 0. The van der Waals surface area contributed by atoms with E-state index in [1.165, 1.54) is 13.3 Å². The topological polar surface area (TPSA) is 35.5 Å². The molecule has 0 rings (SSSR count). The van der Waals surface area contributed by atoms with Gasteiger partial charge in [0.15, 0.2) is 0 Å². The lowest BCUT2D eigenvalue weighted by atomic mass is 9.88. The SMILES string of the molecule is COC(OC(C)=O)C(C)C(C)CCC(C)C. The average Bonchev–Trinajstić information content (AvgIpc) is 2.21. The maximum Gasteiger partial charge on any atom is 0.304 e. The van der Waals surface area contributed by atoms with Crippen LogP contribution >= 0.6 is 0 Å². The lowest BCUT2D eigenvalue weighted by molar-refractivity contribution is -0.184. The molecule has 3 heteroatoms. The van der Waals surface area contributed by atoms with E-state index in [0.29, 0.717) is 11.8 Å². The largest absolute Gasteiger partial charge is 0.436 e. The molecule has 0 fully saturated rings. The van der Waals surface area contributed by atoms with Gasteiger partial charge in [0.25, 0.3) is 0 Å². The fourth-order valence-electron chi connectivity index (χ4n) is 1.66. The fourth-order valence-corrected chi connectivity index (χ4v) is 1.66. The number of hydrogen-bond donors (Lipinski definition) is 0. The van der Waals surface area contributed by atoms with Crippen molar-refractivity contribution in [2.75, 3.05) is 7.11 Å². The summed E-state index contributed by atoms with van der Waals surface area (Å²) < 4.78 is 10.3. The Bertz CT molecular complexity index is 201. The zero-order chi connectivity index (χ0) is 12.7. The minimum absolute atomic E-state index is 0.229. The van der Waals surface area contributed by atoms with Gasteiger partial charge in [-0.3, -0.25) is 4.79 Å². The molecule has 0 aromatic heterocycles. The third-order valence-electron chi connectivity index (χ3n) is 3.04. The van der Waals surface area contributed by atoms with E-state index >= 15 is 0 Å². The fraction of sp³-hybridized carbons (Fsp3) is 0.923. The van der Waals surface area contributed by atoms with Gasteiger partial charge in [-0.25, -0.2) is 0 Å². The van der Waals surface area contributed by atoms with E-state index in [0.717, 1.165) is 6.42 Å². The number of rotatable bonds is 7. The summed E-state index contributed by atoms with van der Waals surface area (Å²) in [5.41, 5.74) is 0. The molecule has 3 nitrogen and oxygen atoms in total. The lowest BCUT2D eigenvalue weighted by Gasteiger charge is -2.27. The summed E-state index contributed by atoms with van der Waals surface area (Å²) in [6.45, 7) is 10.1. The number of carbonyl (C=O) groups is 1. The summed E-state index contributed by atoms with van der Waals surface area (Å²) >= 11 is 0. The molecule has 0 N–H and O–H groups in total. The van der Waals surface area contributed by atoms with Crippen LogP contribution in [-0.2, 0) is 14.3 Å². The maximum atomic E-state index is 10.9. The highest BCUT2D eigenvalue weighted by Crippen LogP contribution is 2.24. The summed E-state index contributed by atoms with van der Waals surface area (Å²) in [7, 11) is 1.58. The standard InChI is InChI=1S/C13H26O3/c1-9(2)7-8-10(3)11(4)13(15-6)16-12(5)14/h9-11,13H,7-8H2,1-6H3. The van der Waals surface area contributed by atoms with E-state index in [2.05, 4.69) is 27.7 Å². The zero-order valence-corrected chi connectivity index (χ0v) is 11.4. The molecule has 16 heavy (non-hydrogen) atoms. The van der Waals surface area contributed by atoms with Gasteiger partial charge in [0, 0.05) is 20.0 Å². The predicted molar refractivity (Wildman–Crippen MR) is 65.0 cm³/mol. The quantitative estimate of drug-likeness (QED) is 0.497. The second-order valence-electron chi connectivity index (χ2n) is 5.02. The van der Waals surface area contributed by atoms with E-state index in [1.54, 1.807) is 7.11 Å². The average molecular weight is 230 g/mol. The first-order valence-corrected chi connectivity index (χ1v) is 6.08. The van der Waals surface area contributed by atoms with Crippen LogP contribution < -0.4 is 0 Å². The van der Waals surface area contributed by atoms with Gasteiger partial charge in [-0.15, -0.1) is 0 Å². The van der Waals surface area contributed by atoms with Crippen molar-refractivity contribution in [3.05, 3.63) is 0 Å². The second kappa shape index (κ2) is 7.66. The number of ether oxygens (including phenoxy) is 2. The Labute approximate surface area is 99.5 Å². The van der Waals surface area contributed by atoms with Crippen molar-refractivity contribution in [2.24, 2.45) is 17.8 Å². The van der Waals surface area contributed by atoms with E-state index in [9.17, 15) is 4.79 Å². The highest BCUT2D eigenvalue weighted by atomic mass is 16.7. The van der Waals surface area contributed by atoms with Gasteiger partial charge in [-0.1, -0.05) is 34.1 Å². The third-order valence-corrected chi connectivity index (χ3v) is 3.04. The summed E-state index contributed by atoms with van der Waals surface area (Å²) in [5.74, 6) is 1.15. The predicted octanol–water partition coefficient (Wildman–Crippen LogP) is 3.23. The Morgan fingerprint density at radius 1 is 1.12 bits per heavy atom. The van der Waals surface area contributed by atoms with Gasteiger partial charge in [0.2, 0.25) is 6.29 Å². The Morgan fingerprint density at radius 3 is 2.06 bits per heavy atom. The van der Waals surface area contributed by atoms with E-state index < -0.39 is 6.29 Å². The highest BCUT2D eigenvalue weighted by molar-refractivity contribution is 5.66. The van der Waals surface area contributed by atoms with Gasteiger partial charge >= 0.3 is 5.97 Å². The minimum Gasteiger partial charge on any atom is -0.436 e. The van der Waals surface area contributed by atoms with Gasteiger partial charge in [0.1, 0.15) is 0 Å². The first-order chi connectivity index (χ1) is 7.38. The van der Waals surface area contributed by atoms with Crippen molar-refractivity contribution in [1.82, 2.24) is 0 Å². The van der Waals surface area contributed by atoms with E-state index in [-0.39, 0.29) is 11.9 Å². The van der Waals surface area contributed by atoms with Crippen LogP contribution in [0.4, 0.5) is 0 Å². The van der Waals surface area contributed by atoms with Crippen molar-refractivity contribution >= 4 is 5.97 Å². The molecule has 3 unspecified atom stereocenters. The first kappa shape index (κ1) is 15.4. The summed E-state index contributed by atoms with van der Waals surface area (Å²) in [5, 5.41) is 0. The van der Waals surface area contributed by atoms with Crippen LogP contribution in [0.2, 0.25) is 0 Å². The van der Waals surface area contributed by atoms with Crippen LogP contribution in [0.15, 0.2) is 0 Å². The minimum atomic E-state index is -0.417. The smallest absolute Gasteiger partial charge is 0.304 e. The first-order valence-electron chi connectivity index (χ1n) is 6.08. The van der Waals surface area contributed by atoms with Crippen LogP contribution in [0.25, 0.3) is 0 Å². The Kier molecular flexibility index (Phi) is 7.39. The van der Waals surface area contributed by atoms with Crippen molar-refractivity contribution in [1.29, 1.82) is 0 Å². The van der Waals surface area contributed by atoms with Crippen LogP contribution in [0.1, 0.15) is 47.5 Å². The summed E-state index contributed by atoms with van der Waals surface area (Å²) in [4.78, 5) is 10.9. The molecule has 0 aliphatic heterocycles. The monoisotopic (exact) mass is 230 g/mol. The van der Waals surface area contributed by atoms with Crippen molar-refractivity contribution in [3.8, 4) is 0 Å². The molecular weight excluding hydrogens is 204 g/mol. The molecule has 0 aliphatic rings. The second-order valence-corrected chi connectivity index (χ2v) is 5.02. The molecule has 3 atom stereocenters. The summed E-state index contributed by atoms with van der Waals surface area (Å²) in [6.07, 6.45) is 1.92. The van der Waals surface area contributed by atoms with Crippen molar-refractivity contribution < 1.29 is 14.3 Å². The molecule has 0 radical (unpaired) electrons. The van der Waals surface area contributed by atoms with E-state index in [4.69, 9.17) is 9.47 Å². The number of carbonyl (C=O) groups excluding carboxylic acids is 1. The molecule has 96 valence electrons. The Morgan fingerprint density at radius 2 is 1.69 bits per heavy atom. The molecular formula is C13H26O3. The number of esters is 1. The van der Waals surface area contributed by atoms with Gasteiger partial charge in [-0.2, -0.15) is 0 Å². The van der Waals surface area contributed by atoms with Crippen LogP contribution in [0.3, 0.4) is 0 Å². The van der Waals surface area contributed by atoms with E-state index in [1.807, 2.05) is 0 Å². The Hall–Kier alpha value is -0.570. The van der Waals surface area contributed by atoms with Crippen LogP contribution in [-0.4, -0.2) is 19.4 Å².